The lowest BCUT2D eigenvalue weighted by atomic mass is 10.0. The molecule has 1 aliphatic carbocycles. The number of nitrogens with one attached hydrogen (secondary N) is 1. The van der Waals surface area contributed by atoms with Crippen LogP contribution in [-0.2, 0) is 0 Å². The molecule has 3 aromatic rings. The molecule has 0 bridgehead atoms. The van der Waals surface area contributed by atoms with E-state index < -0.39 is 0 Å². The van der Waals surface area contributed by atoms with Crippen molar-refractivity contribution in [2.75, 3.05) is 27.3 Å². The zero-order chi connectivity index (χ0) is 25.1. The van der Waals surface area contributed by atoms with Crippen LogP contribution in [0.5, 0.6) is 11.5 Å². The summed E-state index contributed by atoms with van der Waals surface area (Å²) in [5, 5.41) is 4.08. The van der Waals surface area contributed by atoms with Crippen LogP contribution in [0.1, 0.15) is 63.9 Å². The lowest BCUT2D eigenvalue weighted by Gasteiger charge is -2.35. The maximum atomic E-state index is 13.9. The van der Waals surface area contributed by atoms with E-state index in [-0.39, 0.29) is 17.9 Å². The number of likely N-dealkylation sites (tertiary alicyclic amines) is 1. The summed E-state index contributed by atoms with van der Waals surface area (Å²) in [6, 6.07) is 15.1. The number of piperidine rings is 1. The SMILES string of the molecule is COc1ccc(OC)c(C(=O)NC[C@@H]2CCCCN2C(=O)c2nc(C3CC3)sc2-c2ccccc2)c1. The van der Waals surface area contributed by atoms with Crippen molar-refractivity contribution >= 4 is 23.2 Å². The summed E-state index contributed by atoms with van der Waals surface area (Å²) in [4.78, 5) is 34.6. The van der Waals surface area contributed by atoms with Crippen LogP contribution in [0.3, 0.4) is 0 Å². The maximum absolute atomic E-state index is 13.9. The van der Waals surface area contributed by atoms with E-state index in [1.54, 1.807) is 36.6 Å². The fourth-order valence-corrected chi connectivity index (χ4v) is 5.92. The second-order valence-electron chi connectivity index (χ2n) is 9.29. The Kier molecular flexibility index (Phi) is 7.23. The molecule has 5 rings (SSSR count). The standard InChI is InChI=1S/C28H31N3O4S/c1-34-21-13-14-23(35-2)22(16-21)26(32)29-17-20-10-6-7-15-31(20)28(33)24-25(18-8-4-3-5-9-18)36-27(30-24)19-11-12-19/h3-5,8-9,13-14,16,19-20H,6-7,10-12,15,17H2,1-2H3,(H,29,32)/t20-/m0/s1. The van der Waals surface area contributed by atoms with Gasteiger partial charge < -0.3 is 19.7 Å². The Morgan fingerprint density at radius 2 is 1.86 bits per heavy atom. The summed E-state index contributed by atoms with van der Waals surface area (Å²) in [7, 11) is 3.10. The highest BCUT2D eigenvalue weighted by Gasteiger charge is 2.34. The van der Waals surface area contributed by atoms with Crippen LogP contribution in [0.4, 0.5) is 0 Å². The second kappa shape index (κ2) is 10.7. The molecule has 1 aromatic heterocycles. The maximum Gasteiger partial charge on any atom is 0.274 e. The number of methoxy groups -OCH3 is 2. The number of amides is 2. The van der Waals surface area contributed by atoms with Gasteiger partial charge >= 0.3 is 0 Å². The van der Waals surface area contributed by atoms with Gasteiger partial charge in [-0.3, -0.25) is 9.59 Å². The number of hydrogen-bond donors (Lipinski definition) is 1. The molecule has 188 valence electrons. The Hall–Kier alpha value is -3.39. The molecule has 2 heterocycles. The number of ether oxygens (including phenoxy) is 2. The molecule has 36 heavy (non-hydrogen) atoms. The number of aromatic nitrogens is 1. The van der Waals surface area contributed by atoms with E-state index in [0.29, 0.717) is 41.8 Å². The van der Waals surface area contributed by atoms with Gasteiger partial charge in [0.1, 0.15) is 17.2 Å². The molecule has 1 aliphatic heterocycles. The van der Waals surface area contributed by atoms with Gasteiger partial charge in [0, 0.05) is 25.0 Å². The van der Waals surface area contributed by atoms with Crippen molar-refractivity contribution in [2.24, 2.45) is 0 Å². The number of rotatable bonds is 8. The molecule has 1 N–H and O–H groups in total. The average Bonchev–Trinajstić information content (AvgIpc) is 3.69. The minimum Gasteiger partial charge on any atom is -0.497 e. The first-order chi connectivity index (χ1) is 17.6. The van der Waals surface area contributed by atoms with Gasteiger partial charge in [0.05, 0.1) is 29.7 Å². The van der Waals surface area contributed by atoms with Crippen LogP contribution in [0.15, 0.2) is 48.5 Å². The molecule has 0 spiro atoms. The van der Waals surface area contributed by atoms with Gasteiger partial charge in [-0.05, 0) is 55.9 Å². The summed E-state index contributed by atoms with van der Waals surface area (Å²) in [5.74, 6) is 1.24. The topological polar surface area (TPSA) is 80.8 Å². The van der Waals surface area contributed by atoms with Gasteiger partial charge in [-0.2, -0.15) is 0 Å². The molecule has 2 amide bonds. The molecule has 0 radical (unpaired) electrons. The first kappa shape index (κ1) is 24.3. The minimum atomic E-state index is -0.252. The Bertz CT molecular complexity index is 1240. The van der Waals surface area contributed by atoms with Gasteiger partial charge in [0.15, 0.2) is 0 Å². The van der Waals surface area contributed by atoms with Crippen molar-refractivity contribution < 1.29 is 19.1 Å². The zero-order valence-corrected chi connectivity index (χ0v) is 21.5. The van der Waals surface area contributed by atoms with Crippen molar-refractivity contribution in [3.8, 4) is 21.9 Å². The average molecular weight is 506 g/mol. The highest BCUT2D eigenvalue weighted by atomic mass is 32.1. The summed E-state index contributed by atoms with van der Waals surface area (Å²) >= 11 is 1.65. The van der Waals surface area contributed by atoms with Gasteiger partial charge in [-0.1, -0.05) is 30.3 Å². The molecular weight excluding hydrogens is 474 g/mol. The number of nitrogens with zero attached hydrogens (tertiary/aromatic N) is 2. The van der Waals surface area contributed by atoms with Gasteiger partial charge in [-0.25, -0.2) is 4.98 Å². The van der Waals surface area contributed by atoms with E-state index >= 15 is 0 Å². The second-order valence-corrected chi connectivity index (χ2v) is 10.3. The summed E-state index contributed by atoms with van der Waals surface area (Å²) in [6.45, 7) is 1.03. The van der Waals surface area contributed by atoms with Crippen molar-refractivity contribution in [1.82, 2.24) is 15.2 Å². The molecule has 0 unspecified atom stereocenters. The van der Waals surface area contributed by atoms with Crippen molar-refractivity contribution in [3.63, 3.8) is 0 Å². The Morgan fingerprint density at radius 3 is 2.58 bits per heavy atom. The number of carbonyl (C=O) groups excluding carboxylic acids is 2. The highest BCUT2D eigenvalue weighted by molar-refractivity contribution is 7.15. The number of benzene rings is 2. The molecule has 2 aliphatic rings. The largest absolute Gasteiger partial charge is 0.497 e. The highest BCUT2D eigenvalue weighted by Crippen LogP contribution is 2.45. The van der Waals surface area contributed by atoms with Gasteiger partial charge in [0.2, 0.25) is 0 Å². The van der Waals surface area contributed by atoms with E-state index in [0.717, 1.165) is 47.6 Å². The van der Waals surface area contributed by atoms with E-state index in [2.05, 4.69) is 5.32 Å². The van der Waals surface area contributed by atoms with Crippen LogP contribution in [-0.4, -0.2) is 55.0 Å². The third-order valence-electron chi connectivity index (χ3n) is 6.85. The summed E-state index contributed by atoms with van der Waals surface area (Å²) in [5.41, 5.74) is 1.98. The predicted molar refractivity (Wildman–Crippen MR) is 140 cm³/mol. The fraction of sp³-hybridized carbons (Fsp3) is 0.393. The summed E-state index contributed by atoms with van der Waals surface area (Å²) < 4.78 is 10.6. The molecule has 2 fully saturated rings. The predicted octanol–water partition coefficient (Wildman–Crippen LogP) is 5.13. The first-order valence-electron chi connectivity index (χ1n) is 12.5. The lowest BCUT2D eigenvalue weighted by molar-refractivity contribution is 0.0598. The first-order valence-corrected chi connectivity index (χ1v) is 13.3. The van der Waals surface area contributed by atoms with Crippen molar-refractivity contribution in [1.29, 1.82) is 0 Å². The third kappa shape index (κ3) is 5.09. The molecule has 8 heteroatoms. The molecule has 1 saturated carbocycles. The lowest BCUT2D eigenvalue weighted by Crippen LogP contribution is -2.49. The molecule has 1 atom stereocenters. The van der Waals surface area contributed by atoms with Crippen LogP contribution in [0, 0.1) is 0 Å². The van der Waals surface area contributed by atoms with E-state index in [1.165, 1.54) is 7.11 Å². The number of thiazole rings is 1. The van der Waals surface area contributed by atoms with Crippen LogP contribution < -0.4 is 14.8 Å². The number of carbonyl (C=O) groups is 2. The smallest absolute Gasteiger partial charge is 0.274 e. The van der Waals surface area contributed by atoms with Crippen LogP contribution in [0.25, 0.3) is 10.4 Å². The fourth-order valence-electron chi connectivity index (χ4n) is 4.69. The van der Waals surface area contributed by atoms with E-state index in [9.17, 15) is 9.59 Å². The Labute approximate surface area is 215 Å². The third-order valence-corrected chi connectivity index (χ3v) is 8.11. The summed E-state index contributed by atoms with van der Waals surface area (Å²) in [6.07, 6.45) is 5.08. The Morgan fingerprint density at radius 1 is 1.06 bits per heavy atom. The van der Waals surface area contributed by atoms with E-state index in [1.807, 2.05) is 35.2 Å². The van der Waals surface area contributed by atoms with E-state index in [4.69, 9.17) is 14.5 Å². The van der Waals surface area contributed by atoms with Gasteiger partial charge in [-0.15, -0.1) is 11.3 Å². The Balaban J connectivity index is 1.36. The quantitative estimate of drug-likeness (QED) is 0.459. The normalized spacial score (nSPS) is 17.5. The molecule has 7 nitrogen and oxygen atoms in total. The van der Waals surface area contributed by atoms with Crippen molar-refractivity contribution in [2.45, 2.75) is 44.1 Å². The zero-order valence-electron chi connectivity index (χ0n) is 20.7. The molecule has 1 saturated heterocycles. The van der Waals surface area contributed by atoms with Crippen LogP contribution in [0.2, 0.25) is 0 Å². The number of hydrogen-bond acceptors (Lipinski definition) is 6. The monoisotopic (exact) mass is 505 g/mol. The molecular formula is C28H31N3O4S. The van der Waals surface area contributed by atoms with Crippen LogP contribution >= 0.6 is 11.3 Å². The molecule has 2 aromatic carbocycles. The van der Waals surface area contributed by atoms with Gasteiger partial charge in [0.25, 0.3) is 11.8 Å². The minimum absolute atomic E-state index is 0.0464. The van der Waals surface area contributed by atoms with Crippen molar-refractivity contribution in [3.05, 3.63) is 64.8 Å².